The van der Waals surface area contributed by atoms with Crippen molar-refractivity contribution in [3.8, 4) is 0 Å². The molecule has 1 atom stereocenters. The summed E-state index contributed by atoms with van der Waals surface area (Å²) < 4.78 is 1.78. The Hall–Kier alpha value is -1.30. The molecule has 1 aromatic heterocycles. The van der Waals surface area contributed by atoms with Crippen molar-refractivity contribution in [1.29, 1.82) is 0 Å². The Kier molecular flexibility index (Phi) is 4.41. The van der Waals surface area contributed by atoms with Gasteiger partial charge in [-0.3, -0.25) is 10.5 Å². The molecule has 0 saturated carbocycles. The fraction of sp³-hybridized carbons (Fsp3) is 0.308. The van der Waals surface area contributed by atoms with Gasteiger partial charge in [0.1, 0.15) is 0 Å². The second-order valence-electron chi connectivity index (χ2n) is 4.05. The highest BCUT2D eigenvalue weighted by Gasteiger charge is 2.13. The first-order valence-electron chi connectivity index (χ1n) is 5.92. The van der Waals surface area contributed by atoms with E-state index in [-0.39, 0.29) is 6.04 Å². The van der Waals surface area contributed by atoms with E-state index in [4.69, 9.17) is 5.84 Å². The van der Waals surface area contributed by atoms with Gasteiger partial charge in [-0.1, -0.05) is 19.1 Å². The molecule has 0 aliphatic carbocycles. The van der Waals surface area contributed by atoms with Crippen LogP contribution in [0.5, 0.6) is 0 Å². The van der Waals surface area contributed by atoms with Crippen LogP contribution in [0.15, 0.2) is 41.6 Å². The van der Waals surface area contributed by atoms with E-state index in [0.29, 0.717) is 0 Å². The van der Waals surface area contributed by atoms with Gasteiger partial charge < -0.3 is 0 Å². The number of hydrogen-bond acceptors (Lipinski definition) is 4. The number of benzene rings is 1. The number of aryl methyl sites for hydroxylation is 1. The minimum atomic E-state index is -0.0145. The van der Waals surface area contributed by atoms with Gasteiger partial charge in [0.25, 0.3) is 0 Å². The normalized spacial score (nSPS) is 12.6. The van der Waals surface area contributed by atoms with E-state index in [1.807, 2.05) is 31.2 Å². The molecule has 4 nitrogen and oxygen atoms in total. The van der Waals surface area contributed by atoms with Gasteiger partial charge in [-0.15, -0.1) is 11.8 Å². The Bertz CT molecular complexity index is 492. The summed E-state index contributed by atoms with van der Waals surface area (Å²) in [5.74, 6) is 6.73. The summed E-state index contributed by atoms with van der Waals surface area (Å²) in [7, 11) is 1.90. The molecule has 0 radical (unpaired) electrons. The molecule has 0 spiro atoms. The third kappa shape index (κ3) is 2.93. The molecular formula is C13H18N4S. The summed E-state index contributed by atoms with van der Waals surface area (Å²) in [6.45, 7) is 2.15. The summed E-state index contributed by atoms with van der Waals surface area (Å²) in [4.78, 5) is 1.28. The molecule has 0 amide bonds. The van der Waals surface area contributed by atoms with E-state index in [9.17, 15) is 0 Å². The Labute approximate surface area is 112 Å². The first-order chi connectivity index (χ1) is 8.74. The molecule has 2 aromatic rings. The second-order valence-corrected chi connectivity index (χ2v) is 5.39. The Balaban J connectivity index is 2.22. The predicted molar refractivity (Wildman–Crippen MR) is 75.2 cm³/mol. The van der Waals surface area contributed by atoms with Crippen LogP contribution in [-0.4, -0.2) is 15.5 Å². The van der Waals surface area contributed by atoms with Crippen LogP contribution < -0.4 is 11.3 Å². The zero-order valence-electron chi connectivity index (χ0n) is 10.6. The molecule has 1 unspecified atom stereocenters. The van der Waals surface area contributed by atoms with Crippen LogP contribution in [0.3, 0.4) is 0 Å². The van der Waals surface area contributed by atoms with E-state index in [1.54, 1.807) is 4.68 Å². The van der Waals surface area contributed by atoms with Gasteiger partial charge in [-0.05, 0) is 23.4 Å². The lowest BCUT2D eigenvalue weighted by Crippen LogP contribution is -2.28. The Morgan fingerprint density at radius 3 is 2.56 bits per heavy atom. The maximum atomic E-state index is 5.65. The highest BCUT2D eigenvalue weighted by Crippen LogP contribution is 2.24. The minimum absolute atomic E-state index is 0.0145. The Morgan fingerprint density at radius 1 is 1.33 bits per heavy atom. The third-order valence-electron chi connectivity index (χ3n) is 2.75. The number of nitrogens with one attached hydrogen (secondary N) is 1. The SMILES string of the molecule is CCSc1ccc(C(NN)c2cnn(C)c2)cc1. The topological polar surface area (TPSA) is 55.9 Å². The van der Waals surface area contributed by atoms with Crippen molar-refractivity contribution < 1.29 is 0 Å². The third-order valence-corrected chi connectivity index (χ3v) is 3.64. The maximum Gasteiger partial charge on any atom is 0.0740 e. The molecule has 0 aliphatic heterocycles. The van der Waals surface area contributed by atoms with Crippen molar-refractivity contribution in [3.05, 3.63) is 47.8 Å². The van der Waals surface area contributed by atoms with E-state index in [1.165, 1.54) is 4.90 Å². The fourth-order valence-corrected chi connectivity index (χ4v) is 2.56. The Morgan fingerprint density at radius 2 is 2.06 bits per heavy atom. The summed E-state index contributed by atoms with van der Waals surface area (Å²) in [6.07, 6.45) is 3.80. The molecule has 0 saturated heterocycles. The number of thioether (sulfide) groups is 1. The molecule has 0 aliphatic rings. The summed E-state index contributed by atoms with van der Waals surface area (Å²) in [5, 5.41) is 4.17. The number of nitrogens with two attached hydrogens (primary N) is 1. The lowest BCUT2D eigenvalue weighted by molar-refractivity contribution is 0.635. The van der Waals surface area contributed by atoms with Crippen LogP contribution in [0.25, 0.3) is 0 Å². The van der Waals surface area contributed by atoms with Crippen molar-refractivity contribution in [2.45, 2.75) is 17.9 Å². The van der Waals surface area contributed by atoms with Crippen LogP contribution in [0.1, 0.15) is 24.1 Å². The van der Waals surface area contributed by atoms with Crippen molar-refractivity contribution >= 4 is 11.8 Å². The average Bonchev–Trinajstić information content (AvgIpc) is 2.79. The quantitative estimate of drug-likeness (QED) is 0.492. The van der Waals surface area contributed by atoms with Crippen molar-refractivity contribution in [2.24, 2.45) is 12.9 Å². The first kappa shape index (κ1) is 13.1. The van der Waals surface area contributed by atoms with Crippen LogP contribution in [0.4, 0.5) is 0 Å². The highest BCUT2D eigenvalue weighted by atomic mass is 32.2. The fourth-order valence-electron chi connectivity index (χ4n) is 1.90. The molecule has 5 heteroatoms. The van der Waals surface area contributed by atoms with Crippen LogP contribution in [-0.2, 0) is 7.05 Å². The largest absolute Gasteiger partial charge is 0.275 e. The maximum absolute atomic E-state index is 5.65. The highest BCUT2D eigenvalue weighted by molar-refractivity contribution is 7.99. The van der Waals surface area contributed by atoms with Gasteiger partial charge in [-0.25, -0.2) is 5.43 Å². The van der Waals surface area contributed by atoms with Crippen molar-refractivity contribution in [3.63, 3.8) is 0 Å². The van der Waals surface area contributed by atoms with E-state index in [2.05, 4.69) is 41.7 Å². The monoisotopic (exact) mass is 262 g/mol. The predicted octanol–water partition coefficient (Wildman–Crippen LogP) is 2.08. The number of aromatic nitrogens is 2. The number of hydrazine groups is 1. The van der Waals surface area contributed by atoms with Crippen molar-refractivity contribution in [1.82, 2.24) is 15.2 Å². The molecule has 2 rings (SSSR count). The average molecular weight is 262 g/mol. The molecule has 1 aromatic carbocycles. The van der Waals surface area contributed by atoms with Gasteiger partial charge in [0.2, 0.25) is 0 Å². The summed E-state index contributed by atoms with van der Waals surface area (Å²) in [5.41, 5.74) is 5.05. The zero-order valence-corrected chi connectivity index (χ0v) is 11.4. The second kappa shape index (κ2) is 6.04. The van der Waals surface area contributed by atoms with Gasteiger partial charge in [-0.2, -0.15) is 5.10 Å². The first-order valence-corrected chi connectivity index (χ1v) is 6.90. The van der Waals surface area contributed by atoms with Crippen LogP contribution in [0, 0.1) is 0 Å². The lowest BCUT2D eigenvalue weighted by atomic mass is 10.0. The van der Waals surface area contributed by atoms with Gasteiger partial charge >= 0.3 is 0 Å². The summed E-state index contributed by atoms with van der Waals surface area (Å²) in [6, 6.07) is 8.46. The molecular weight excluding hydrogens is 244 g/mol. The van der Waals surface area contributed by atoms with Gasteiger partial charge in [0.05, 0.1) is 12.2 Å². The van der Waals surface area contributed by atoms with E-state index >= 15 is 0 Å². The number of nitrogens with zero attached hydrogens (tertiary/aromatic N) is 2. The van der Waals surface area contributed by atoms with Crippen LogP contribution >= 0.6 is 11.8 Å². The number of rotatable bonds is 5. The van der Waals surface area contributed by atoms with Gasteiger partial charge in [0.15, 0.2) is 0 Å². The van der Waals surface area contributed by atoms with Crippen molar-refractivity contribution in [2.75, 3.05) is 5.75 Å². The molecule has 1 heterocycles. The van der Waals surface area contributed by atoms with E-state index in [0.717, 1.165) is 16.9 Å². The molecule has 3 N–H and O–H groups in total. The number of hydrogen-bond donors (Lipinski definition) is 2. The van der Waals surface area contributed by atoms with Gasteiger partial charge in [0, 0.05) is 23.7 Å². The smallest absolute Gasteiger partial charge is 0.0740 e. The molecule has 96 valence electrons. The summed E-state index contributed by atoms with van der Waals surface area (Å²) >= 11 is 1.84. The molecule has 18 heavy (non-hydrogen) atoms. The standard InChI is InChI=1S/C13H18N4S/c1-3-18-12-6-4-10(5-7-12)13(16-14)11-8-15-17(2)9-11/h4-9,13,16H,3,14H2,1-2H3. The van der Waals surface area contributed by atoms with E-state index < -0.39 is 0 Å². The minimum Gasteiger partial charge on any atom is -0.275 e. The lowest BCUT2D eigenvalue weighted by Gasteiger charge is -2.15. The molecule has 0 fully saturated rings. The zero-order chi connectivity index (χ0) is 13.0. The molecule has 0 bridgehead atoms. The van der Waals surface area contributed by atoms with Crippen LogP contribution in [0.2, 0.25) is 0 Å².